The molecule has 70 valence electrons. The van der Waals surface area contributed by atoms with Gasteiger partial charge in [0.1, 0.15) is 5.70 Å². The molecule has 0 aliphatic carbocycles. The van der Waals surface area contributed by atoms with Gasteiger partial charge in [-0.3, -0.25) is 0 Å². The van der Waals surface area contributed by atoms with Gasteiger partial charge in [0, 0.05) is 19.9 Å². The van der Waals surface area contributed by atoms with E-state index >= 15 is 0 Å². The van der Waals surface area contributed by atoms with Crippen LogP contribution in [0.5, 0.6) is 0 Å². The Kier molecular flexibility index (Phi) is 3.12. The molecular weight excluding hydrogens is 162 g/mol. The van der Waals surface area contributed by atoms with E-state index in [9.17, 15) is 0 Å². The van der Waals surface area contributed by atoms with E-state index in [1.807, 2.05) is 38.6 Å². The van der Waals surface area contributed by atoms with Gasteiger partial charge in [-0.15, -0.1) is 4.70 Å². The number of rotatable bonds is 0. The van der Waals surface area contributed by atoms with Crippen LogP contribution in [0.25, 0.3) is 0 Å². The highest BCUT2D eigenvalue weighted by atomic mass is 15.3. The van der Waals surface area contributed by atoms with Crippen molar-refractivity contribution >= 4 is 5.84 Å². The van der Waals surface area contributed by atoms with Gasteiger partial charge in [-0.05, 0) is 11.1 Å². The minimum Gasteiger partial charge on any atom is -0.123 e. The fraction of sp³-hybridized carbons (Fsp3) is 0.500. The van der Waals surface area contributed by atoms with Crippen molar-refractivity contribution in [2.24, 2.45) is 10.1 Å². The van der Waals surface area contributed by atoms with Crippen molar-refractivity contribution in [2.75, 3.05) is 0 Å². The molecule has 2 aliphatic rings. The molecule has 0 amide bonds. The van der Waals surface area contributed by atoms with Gasteiger partial charge in [0.05, 0.1) is 6.20 Å². The Hall–Kier alpha value is -1.25. The summed E-state index contributed by atoms with van der Waals surface area (Å²) in [4.78, 5) is 4.30. The summed E-state index contributed by atoms with van der Waals surface area (Å²) in [6, 6.07) is 0.312. The third-order valence-corrected chi connectivity index (χ3v) is 1.84. The van der Waals surface area contributed by atoms with E-state index in [1.165, 1.54) is 0 Å². The minimum atomic E-state index is 0.312. The van der Waals surface area contributed by atoms with Gasteiger partial charge < -0.3 is 0 Å². The number of hydrogen-bond donors (Lipinski definition) is 0. The standard InChI is InChI=1S/C8H10N3.C2H6/c1-6-5-8-3-4-9-11(8)7(2)10-6;1-2/h3-5,8H,1-2H3;1-2H3/q+1;. The lowest BCUT2D eigenvalue weighted by Crippen LogP contribution is -2.26. The van der Waals surface area contributed by atoms with Gasteiger partial charge in [0.2, 0.25) is 0 Å². The van der Waals surface area contributed by atoms with Gasteiger partial charge in [-0.25, -0.2) is 0 Å². The number of azo groups is 2. The molecule has 0 saturated carbocycles. The molecule has 2 rings (SSSR count). The Morgan fingerprint density at radius 1 is 1.31 bits per heavy atom. The molecule has 1 atom stereocenters. The summed E-state index contributed by atoms with van der Waals surface area (Å²) in [5.41, 5.74) is 1.07. The molecule has 0 radical (unpaired) electrons. The zero-order valence-corrected chi connectivity index (χ0v) is 8.65. The van der Waals surface area contributed by atoms with Gasteiger partial charge in [0.25, 0.3) is 0 Å². The van der Waals surface area contributed by atoms with E-state index in [1.54, 1.807) is 0 Å². The topological polar surface area (TPSA) is 27.7 Å². The third kappa shape index (κ3) is 1.91. The SMILES string of the molecule is CC.CC1=CC2C=CN=[N+]2C(C)=N1. The maximum absolute atomic E-state index is 4.30. The Balaban J connectivity index is 0.000000396. The zero-order valence-electron chi connectivity index (χ0n) is 8.65. The molecule has 0 spiro atoms. The summed E-state index contributed by atoms with van der Waals surface area (Å²) in [6.07, 6.45) is 5.97. The second kappa shape index (κ2) is 4.12. The predicted molar refractivity (Wildman–Crippen MR) is 53.8 cm³/mol. The number of aliphatic imine (C=N–C) groups is 1. The number of hydrogen-bond acceptors (Lipinski definition) is 2. The summed E-state index contributed by atoms with van der Waals surface area (Å²) < 4.78 is 1.91. The van der Waals surface area contributed by atoms with Gasteiger partial charge in [-0.2, -0.15) is 0 Å². The van der Waals surface area contributed by atoms with E-state index in [2.05, 4.69) is 22.3 Å². The number of fused-ring (bicyclic) bond motifs is 1. The fourth-order valence-electron chi connectivity index (χ4n) is 1.37. The van der Waals surface area contributed by atoms with Crippen molar-refractivity contribution in [2.45, 2.75) is 33.7 Å². The molecule has 2 aliphatic heterocycles. The van der Waals surface area contributed by atoms with Crippen molar-refractivity contribution in [3.05, 3.63) is 24.0 Å². The first-order chi connectivity index (χ1) is 6.27. The number of nitrogens with zero attached hydrogens (tertiary/aromatic N) is 3. The monoisotopic (exact) mass is 178 g/mol. The molecule has 0 N–H and O–H groups in total. The first-order valence-corrected chi connectivity index (χ1v) is 4.68. The Labute approximate surface area is 79.2 Å². The lowest BCUT2D eigenvalue weighted by Gasteiger charge is -2.06. The van der Waals surface area contributed by atoms with Gasteiger partial charge >= 0.3 is 5.84 Å². The van der Waals surface area contributed by atoms with E-state index in [0.717, 1.165) is 11.5 Å². The minimum absolute atomic E-state index is 0.312. The average molecular weight is 178 g/mol. The highest BCUT2D eigenvalue weighted by Crippen LogP contribution is 2.15. The maximum Gasteiger partial charge on any atom is 0.316 e. The van der Waals surface area contributed by atoms with Crippen LogP contribution in [0, 0.1) is 0 Å². The average Bonchev–Trinajstić information content (AvgIpc) is 2.55. The molecule has 0 saturated heterocycles. The molecule has 0 aromatic heterocycles. The van der Waals surface area contributed by atoms with Crippen LogP contribution in [-0.4, -0.2) is 16.6 Å². The summed E-state index contributed by atoms with van der Waals surface area (Å²) >= 11 is 0. The lowest BCUT2D eigenvalue weighted by atomic mass is 10.2. The van der Waals surface area contributed by atoms with E-state index in [-0.39, 0.29) is 0 Å². The van der Waals surface area contributed by atoms with Crippen LogP contribution in [0.1, 0.15) is 27.7 Å². The Morgan fingerprint density at radius 3 is 2.69 bits per heavy atom. The molecule has 0 aromatic carbocycles. The highest BCUT2D eigenvalue weighted by Gasteiger charge is 2.26. The molecule has 0 bridgehead atoms. The smallest absolute Gasteiger partial charge is 0.123 e. The zero-order chi connectivity index (χ0) is 9.84. The van der Waals surface area contributed by atoms with Crippen molar-refractivity contribution in [3.8, 4) is 0 Å². The van der Waals surface area contributed by atoms with Gasteiger partial charge in [-0.1, -0.05) is 19.0 Å². The van der Waals surface area contributed by atoms with E-state index in [4.69, 9.17) is 0 Å². The summed E-state index contributed by atoms with van der Waals surface area (Å²) in [5.74, 6) is 0.972. The molecule has 3 nitrogen and oxygen atoms in total. The third-order valence-electron chi connectivity index (χ3n) is 1.84. The van der Waals surface area contributed by atoms with E-state index < -0.39 is 0 Å². The van der Waals surface area contributed by atoms with Crippen LogP contribution in [0.4, 0.5) is 0 Å². The second-order valence-corrected chi connectivity index (χ2v) is 2.76. The van der Waals surface area contributed by atoms with Crippen molar-refractivity contribution in [1.29, 1.82) is 0 Å². The molecular formula is C10H16N3+. The molecule has 13 heavy (non-hydrogen) atoms. The summed E-state index contributed by atoms with van der Waals surface area (Å²) in [7, 11) is 0. The van der Waals surface area contributed by atoms with Gasteiger partial charge in [0.15, 0.2) is 6.04 Å². The van der Waals surface area contributed by atoms with E-state index in [0.29, 0.717) is 6.04 Å². The van der Waals surface area contributed by atoms with Crippen LogP contribution in [0.3, 0.4) is 0 Å². The van der Waals surface area contributed by atoms with Crippen LogP contribution in [0.2, 0.25) is 0 Å². The molecule has 1 unspecified atom stereocenters. The summed E-state index contributed by atoms with van der Waals surface area (Å²) in [6.45, 7) is 7.98. The Bertz CT molecular complexity index is 308. The van der Waals surface area contributed by atoms with Crippen LogP contribution >= 0.6 is 0 Å². The molecule has 0 aromatic rings. The maximum atomic E-state index is 4.30. The summed E-state index contributed by atoms with van der Waals surface area (Å²) in [5, 5.41) is 4.15. The second-order valence-electron chi connectivity index (χ2n) is 2.76. The van der Waals surface area contributed by atoms with Crippen molar-refractivity contribution < 1.29 is 4.70 Å². The molecule has 2 heterocycles. The first kappa shape index (κ1) is 9.84. The largest absolute Gasteiger partial charge is 0.316 e. The Morgan fingerprint density at radius 2 is 2.00 bits per heavy atom. The first-order valence-electron chi connectivity index (χ1n) is 4.68. The number of allylic oxidation sites excluding steroid dienone is 1. The molecule has 3 heteroatoms. The fourth-order valence-corrected chi connectivity index (χ4v) is 1.37. The highest BCUT2D eigenvalue weighted by molar-refractivity contribution is 5.73. The predicted octanol–water partition coefficient (Wildman–Crippen LogP) is 2.71. The van der Waals surface area contributed by atoms with Crippen molar-refractivity contribution in [1.82, 2.24) is 0 Å². The lowest BCUT2D eigenvalue weighted by molar-refractivity contribution is -0.491. The molecule has 0 fully saturated rings. The van der Waals surface area contributed by atoms with Crippen LogP contribution < -0.4 is 0 Å². The van der Waals surface area contributed by atoms with Crippen molar-refractivity contribution in [3.63, 3.8) is 0 Å². The quantitative estimate of drug-likeness (QED) is 0.510. The van der Waals surface area contributed by atoms with Crippen LogP contribution in [0.15, 0.2) is 34.2 Å². The number of amidine groups is 1. The van der Waals surface area contributed by atoms with Crippen LogP contribution in [-0.2, 0) is 0 Å². The normalized spacial score (nSPS) is 23.7.